The van der Waals surface area contributed by atoms with Crippen LogP contribution in [-0.4, -0.2) is 0 Å². The lowest BCUT2D eigenvalue weighted by molar-refractivity contribution is 1.03. The van der Waals surface area contributed by atoms with Crippen molar-refractivity contribution >= 4 is 0 Å². The Balaban J connectivity index is 3.01. The Morgan fingerprint density at radius 2 is 1.42 bits per heavy atom. The Morgan fingerprint density at radius 3 is 1.75 bits per heavy atom. The molecule has 1 rings (SSSR count). The van der Waals surface area contributed by atoms with Crippen LogP contribution in [0.15, 0.2) is 6.07 Å². The molecule has 0 heterocycles. The highest BCUT2D eigenvalue weighted by molar-refractivity contribution is 5.27. The van der Waals surface area contributed by atoms with Crippen molar-refractivity contribution in [2.24, 2.45) is 0 Å². The van der Waals surface area contributed by atoms with Crippen molar-refractivity contribution in [1.29, 1.82) is 0 Å². The van der Waals surface area contributed by atoms with Crippen LogP contribution >= 0.6 is 0 Å². The van der Waals surface area contributed by atoms with E-state index in [1.165, 1.54) is 16.7 Å². The second kappa shape index (κ2) is 4.30. The fourth-order valence-corrected chi connectivity index (χ4v) is 1.26. The average Bonchev–Trinajstić information content (AvgIpc) is 2.16. The Bertz CT molecular complexity index is 193. The summed E-state index contributed by atoms with van der Waals surface area (Å²) in [5.41, 5.74) is 3.87. The van der Waals surface area contributed by atoms with Crippen molar-refractivity contribution in [1.82, 2.24) is 0 Å². The van der Waals surface area contributed by atoms with Gasteiger partial charge in [0.15, 0.2) is 0 Å². The van der Waals surface area contributed by atoms with Gasteiger partial charge in [-0.2, -0.15) is 0 Å². The van der Waals surface area contributed by atoms with E-state index in [0.29, 0.717) is 0 Å². The molecule has 0 nitrogen and oxygen atoms in total. The summed E-state index contributed by atoms with van der Waals surface area (Å²) in [5, 5.41) is 0. The third-order valence-electron chi connectivity index (χ3n) is 2.09. The van der Waals surface area contributed by atoms with Crippen molar-refractivity contribution in [3.8, 4) is 0 Å². The highest BCUT2D eigenvalue weighted by atomic mass is 14.0. The topological polar surface area (TPSA) is 0 Å². The molecule has 0 N–H and O–H groups in total. The lowest BCUT2D eigenvalue weighted by Gasteiger charge is -2.03. The first-order chi connectivity index (χ1) is 5.80. The maximum absolute atomic E-state index is 3.36. The van der Waals surface area contributed by atoms with Crippen molar-refractivity contribution in [3.63, 3.8) is 0 Å². The Kier molecular flexibility index (Phi) is 3.33. The lowest BCUT2D eigenvalue weighted by Crippen LogP contribution is -1.91. The maximum Gasteiger partial charge on any atom is -0.0108 e. The smallest absolute Gasteiger partial charge is 0.0108 e. The first-order valence-electron chi connectivity index (χ1n) is 4.76. The molecule has 2 radical (unpaired) electrons. The van der Waals surface area contributed by atoms with Crippen molar-refractivity contribution in [2.75, 3.05) is 0 Å². The second-order valence-electron chi connectivity index (χ2n) is 2.98. The van der Waals surface area contributed by atoms with Gasteiger partial charge in [-0.1, -0.05) is 26.8 Å². The van der Waals surface area contributed by atoms with Crippen molar-refractivity contribution in [2.45, 2.75) is 40.0 Å². The summed E-state index contributed by atoms with van der Waals surface area (Å²) in [6.07, 6.45) is 3.20. The monoisotopic (exact) mass is 160 g/mol. The molecule has 12 heavy (non-hydrogen) atoms. The van der Waals surface area contributed by atoms with Gasteiger partial charge in [0.05, 0.1) is 0 Å². The van der Waals surface area contributed by atoms with E-state index in [1.807, 2.05) is 0 Å². The van der Waals surface area contributed by atoms with E-state index in [4.69, 9.17) is 0 Å². The minimum absolute atomic E-state index is 1.04. The molecule has 0 aromatic heterocycles. The van der Waals surface area contributed by atoms with Gasteiger partial charge in [-0.25, -0.2) is 0 Å². The van der Waals surface area contributed by atoms with Gasteiger partial charge in [0.25, 0.3) is 0 Å². The zero-order valence-corrected chi connectivity index (χ0v) is 8.20. The van der Waals surface area contributed by atoms with Gasteiger partial charge in [0, 0.05) is 0 Å². The van der Waals surface area contributed by atoms with Gasteiger partial charge < -0.3 is 0 Å². The van der Waals surface area contributed by atoms with Gasteiger partial charge in [-0.15, -0.1) is 0 Å². The number of benzene rings is 1. The zero-order valence-electron chi connectivity index (χ0n) is 8.20. The van der Waals surface area contributed by atoms with Gasteiger partial charge in [0.2, 0.25) is 0 Å². The molecule has 0 amide bonds. The summed E-state index contributed by atoms with van der Waals surface area (Å²) < 4.78 is 0. The van der Waals surface area contributed by atoms with E-state index >= 15 is 0 Å². The lowest BCUT2D eigenvalue weighted by atomic mass is 10.0. The summed E-state index contributed by atoms with van der Waals surface area (Å²) >= 11 is 0. The van der Waals surface area contributed by atoms with Gasteiger partial charge in [-0.3, -0.25) is 0 Å². The normalized spacial score (nSPS) is 10.2. The van der Waals surface area contributed by atoms with Crippen LogP contribution in [0.2, 0.25) is 0 Å². The third kappa shape index (κ3) is 2.10. The Labute approximate surface area is 75.6 Å². The fraction of sp³-hybridized carbons (Fsp3) is 0.500. The van der Waals surface area contributed by atoms with Crippen LogP contribution in [0.4, 0.5) is 0 Å². The second-order valence-corrected chi connectivity index (χ2v) is 2.98. The molecule has 0 aliphatic rings. The standard InChI is InChI=1S/C12H16/c1-4-10-7-11(5-2)9-12(6-3)8-10/h7H,4-6H2,1-3H3. The highest BCUT2D eigenvalue weighted by Crippen LogP contribution is 2.10. The van der Waals surface area contributed by atoms with Gasteiger partial charge in [0.1, 0.15) is 0 Å². The van der Waals surface area contributed by atoms with Crippen LogP contribution in [-0.2, 0) is 19.3 Å². The summed E-state index contributed by atoms with van der Waals surface area (Å²) in [6, 6.07) is 8.93. The van der Waals surface area contributed by atoms with Crippen LogP contribution in [0, 0.1) is 12.1 Å². The molecule has 0 saturated heterocycles. The van der Waals surface area contributed by atoms with E-state index in [0.717, 1.165) is 19.3 Å². The molecule has 0 heteroatoms. The molecule has 0 fully saturated rings. The molecule has 64 valence electrons. The average molecular weight is 160 g/mol. The molecule has 0 bridgehead atoms. The molecule has 0 saturated carbocycles. The molecule has 0 aliphatic carbocycles. The Hall–Kier alpha value is -0.780. The summed E-state index contributed by atoms with van der Waals surface area (Å²) in [4.78, 5) is 0. The highest BCUT2D eigenvalue weighted by Gasteiger charge is 1.97. The van der Waals surface area contributed by atoms with E-state index in [-0.39, 0.29) is 0 Å². The van der Waals surface area contributed by atoms with E-state index < -0.39 is 0 Å². The van der Waals surface area contributed by atoms with E-state index in [2.05, 4.69) is 39.0 Å². The van der Waals surface area contributed by atoms with Crippen LogP contribution < -0.4 is 0 Å². The van der Waals surface area contributed by atoms with Crippen LogP contribution in [0.3, 0.4) is 0 Å². The summed E-state index contributed by atoms with van der Waals surface area (Å²) in [6.45, 7) is 6.50. The fourth-order valence-electron chi connectivity index (χ4n) is 1.26. The van der Waals surface area contributed by atoms with Gasteiger partial charge in [-0.05, 0) is 48.1 Å². The molecule has 0 spiro atoms. The summed E-state index contributed by atoms with van der Waals surface area (Å²) in [7, 11) is 0. The molecule has 0 atom stereocenters. The van der Waals surface area contributed by atoms with Crippen LogP contribution in [0.1, 0.15) is 37.5 Å². The number of hydrogen-bond acceptors (Lipinski definition) is 0. The molecule has 1 aromatic rings. The van der Waals surface area contributed by atoms with Crippen LogP contribution in [0.5, 0.6) is 0 Å². The first-order valence-corrected chi connectivity index (χ1v) is 4.76. The number of rotatable bonds is 3. The summed E-state index contributed by atoms with van der Waals surface area (Å²) in [5.74, 6) is 0. The minimum atomic E-state index is 1.04. The zero-order chi connectivity index (χ0) is 8.97. The molecular weight excluding hydrogens is 144 g/mol. The van der Waals surface area contributed by atoms with E-state index in [1.54, 1.807) is 0 Å². The Morgan fingerprint density at radius 1 is 0.917 bits per heavy atom. The maximum atomic E-state index is 3.36. The van der Waals surface area contributed by atoms with Crippen molar-refractivity contribution < 1.29 is 0 Å². The molecule has 1 aromatic carbocycles. The molecular formula is C12H16. The minimum Gasteiger partial charge on any atom is -0.0613 e. The van der Waals surface area contributed by atoms with Gasteiger partial charge >= 0.3 is 0 Å². The number of aryl methyl sites for hydroxylation is 3. The molecule has 0 unspecified atom stereocenters. The predicted molar refractivity (Wildman–Crippen MR) is 52.2 cm³/mol. The van der Waals surface area contributed by atoms with Crippen molar-refractivity contribution in [3.05, 3.63) is 34.9 Å². The third-order valence-corrected chi connectivity index (χ3v) is 2.09. The first kappa shape index (κ1) is 9.31. The van der Waals surface area contributed by atoms with E-state index in [9.17, 15) is 0 Å². The predicted octanol–water partition coefficient (Wildman–Crippen LogP) is 2.97. The van der Waals surface area contributed by atoms with Crippen LogP contribution in [0.25, 0.3) is 0 Å². The molecule has 0 aliphatic heterocycles. The largest absolute Gasteiger partial charge is 0.0613 e. The SMILES string of the molecule is CCc1[c]c(CC)cc(CC)[c]1. The number of hydrogen-bond donors (Lipinski definition) is 0. The quantitative estimate of drug-likeness (QED) is 0.637.